The van der Waals surface area contributed by atoms with Gasteiger partial charge in [0.25, 0.3) is 0 Å². The Balaban J connectivity index is 0.000000771. The Hall–Kier alpha value is -1.62. The molecule has 18 heavy (non-hydrogen) atoms. The van der Waals surface area contributed by atoms with Crippen LogP contribution in [0.1, 0.15) is 26.3 Å². The summed E-state index contributed by atoms with van der Waals surface area (Å²) in [7, 11) is 1.00. The van der Waals surface area contributed by atoms with Crippen LogP contribution in [0.3, 0.4) is 0 Å². The lowest BCUT2D eigenvalue weighted by atomic mass is 10.2. The number of ether oxygens (including phenoxy) is 1. The number of carbonyl (C=O) groups is 1. The Labute approximate surface area is 107 Å². The second-order valence-electron chi connectivity index (χ2n) is 4.89. The highest BCUT2D eigenvalue weighted by molar-refractivity contribution is 5.90. The van der Waals surface area contributed by atoms with Crippen molar-refractivity contribution in [3.8, 4) is 0 Å². The van der Waals surface area contributed by atoms with Gasteiger partial charge >= 0.3 is 6.09 Å². The van der Waals surface area contributed by atoms with Gasteiger partial charge < -0.3 is 9.84 Å². The number of anilines is 1. The Morgan fingerprint density at radius 1 is 1.44 bits per heavy atom. The Bertz CT molecular complexity index is 413. The Kier molecular flexibility index (Phi) is 4.67. The lowest BCUT2D eigenvalue weighted by Crippen LogP contribution is -2.35. The predicted octanol–water partition coefficient (Wildman–Crippen LogP) is 1.99. The Morgan fingerprint density at radius 2 is 2.11 bits per heavy atom. The minimum absolute atomic E-state index is 0.292. The first-order valence-electron chi connectivity index (χ1n) is 5.85. The SMILES string of the molecule is CC(C)(C)OC(=O)N1CCc2ccncc21.CO. The zero-order chi connectivity index (χ0) is 13.8. The third-order valence-corrected chi connectivity index (χ3v) is 2.40. The number of rotatable bonds is 0. The third kappa shape index (κ3) is 3.43. The fourth-order valence-electron chi connectivity index (χ4n) is 1.73. The van der Waals surface area contributed by atoms with Gasteiger partial charge in [-0.3, -0.25) is 9.88 Å². The molecule has 0 saturated carbocycles. The quantitative estimate of drug-likeness (QED) is 0.767. The van der Waals surface area contributed by atoms with Gasteiger partial charge in [-0.2, -0.15) is 0 Å². The van der Waals surface area contributed by atoms with Crippen LogP contribution in [0, 0.1) is 0 Å². The lowest BCUT2D eigenvalue weighted by Gasteiger charge is -2.24. The van der Waals surface area contributed by atoms with Gasteiger partial charge in [0.05, 0.1) is 11.9 Å². The predicted molar refractivity (Wildman–Crippen MR) is 69.7 cm³/mol. The summed E-state index contributed by atoms with van der Waals surface area (Å²) < 4.78 is 5.34. The van der Waals surface area contributed by atoms with Crippen LogP contribution in [-0.4, -0.2) is 35.4 Å². The van der Waals surface area contributed by atoms with Crippen LogP contribution in [0.15, 0.2) is 18.5 Å². The molecule has 0 aliphatic carbocycles. The molecule has 5 heteroatoms. The summed E-state index contributed by atoms with van der Waals surface area (Å²) >= 11 is 0. The molecule has 0 atom stereocenters. The Morgan fingerprint density at radius 3 is 2.72 bits per heavy atom. The number of carbonyl (C=O) groups excluding carboxylic acids is 1. The van der Waals surface area contributed by atoms with Crippen molar-refractivity contribution in [2.75, 3.05) is 18.6 Å². The molecular weight excluding hydrogens is 232 g/mol. The molecule has 1 aromatic heterocycles. The standard InChI is InChI=1S/C12H16N2O2.CH4O/c1-12(2,3)16-11(15)14-7-5-9-4-6-13-8-10(9)14;1-2/h4,6,8H,5,7H2,1-3H3;2H,1H3. The highest BCUT2D eigenvalue weighted by Gasteiger charge is 2.28. The second-order valence-corrected chi connectivity index (χ2v) is 4.89. The van der Waals surface area contributed by atoms with E-state index in [0.717, 1.165) is 24.8 Å². The molecule has 0 spiro atoms. The molecule has 0 fully saturated rings. The number of fused-ring (bicyclic) bond motifs is 1. The number of aliphatic hydroxyl groups excluding tert-OH is 1. The molecule has 2 heterocycles. The minimum atomic E-state index is -0.456. The topological polar surface area (TPSA) is 62.7 Å². The molecule has 0 bridgehead atoms. The molecule has 0 aromatic carbocycles. The maximum atomic E-state index is 11.9. The van der Waals surface area contributed by atoms with E-state index in [1.54, 1.807) is 17.3 Å². The van der Waals surface area contributed by atoms with Gasteiger partial charge in [-0.05, 0) is 38.8 Å². The molecule has 1 amide bonds. The number of aromatic nitrogens is 1. The van der Waals surface area contributed by atoms with E-state index in [4.69, 9.17) is 9.84 Å². The van der Waals surface area contributed by atoms with Gasteiger partial charge in [0.2, 0.25) is 0 Å². The van der Waals surface area contributed by atoms with E-state index in [1.165, 1.54) is 0 Å². The van der Waals surface area contributed by atoms with E-state index >= 15 is 0 Å². The van der Waals surface area contributed by atoms with Gasteiger partial charge in [0, 0.05) is 19.9 Å². The van der Waals surface area contributed by atoms with Gasteiger partial charge in [0.15, 0.2) is 0 Å². The zero-order valence-electron chi connectivity index (χ0n) is 11.3. The van der Waals surface area contributed by atoms with Crippen LogP contribution in [-0.2, 0) is 11.2 Å². The van der Waals surface area contributed by atoms with E-state index in [-0.39, 0.29) is 6.09 Å². The number of aliphatic hydroxyl groups is 1. The van der Waals surface area contributed by atoms with Crippen LogP contribution in [0.2, 0.25) is 0 Å². The molecule has 0 unspecified atom stereocenters. The summed E-state index contributed by atoms with van der Waals surface area (Å²) in [6.45, 7) is 6.28. The van der Waals surface area contributed by atoms with E-state index < -0.39 is 5.60 Å². The normalized spacial score (nSPS) is 13.5. The number of amides is 1. The van der Waals surface area contributed by atoms with Crippen molar-refractivity contribution in [1.82, 2.24) is 4.98 Å². The van der Waals surface area contributed by atoms with Crippen LogP contribution in [0.4, 0.5) is 10.5 Å². The highest BCUT2D eigenvalue weighted by atomic mass is 16.6. The van der Waals surface area contributed by atoms with Gasteiger partial charge in [-0.15, -0.1) is 0 Å². The zero-order valence-corrected chi connectivity index (χ0v) is 11.3. The molecule has 0 radical (unpaired) electrons. The summed E-state index contributed by atoms with van der Waals surface area (Å²) in [6, 6.07) is 1.94. The average Bonchev–Trinajstić information content (AvgIpc) is 2.73. The molecule has 5 nitrogen and oxygen atoms in total. The summed E-state index contributed by atoms with van der Waals surface area (Å²) in [5, 5.41) is 7.00. The number of hydrogen-bond acceptors (Lipinski definition) is 4. The molecule has 1 aromatic rings. The summed E-state index contributed by atoms with van der Waals surface area (Å²) in [6.07, 6.45) is 4.04. The fourth-order valence-corrected chi connectivity index (χ4v) is 1.73. The maximum Gasteiger partial charge on any atom is 0.414 e. The molecule has 100 valence electrons. The first kappa shape index (κ1) is 14.4. The monoisotopic (exact) mass is 252 g/mol. The molecule has 1 aliphatic heterocycles. The second kappa shape index (κ2) is 5.82. The van der Waals surface area contributed by atoms with Crippen molar-refractivity contribution < 1.29 is 14.6 Å². The maximum absolute atomic E-state index is 11.9. The van der Waals surface area contributed by atoms with Gasteiger partial charge in [-0.25, -0.2) is 4.79 Å². The van der Waals surface area contributed by atoms with E-state index in [1.807, 2.05) is 26.8 Å². The number of hydrogen-bond donors (Lipinski definition) is 1. The average molecular weight is 252 g/mol. The van der Waals surface area contributed by atoms with Crippen LogP contribution < -0.4 is 4.90 Å². The van der Waals surface area contributed by atoms with Crippen molar-refractivity contribution >= 4 is 11.8 Å². The summed E-state index contributed by atoms with van der Waals surface area (Å²) in [4.78, 5) is 17.6. The highest BCUT2D eigenvalue weighted by Crippen LogP contribution is 2.27. The number of pyridine rings is 1. The van der Waals surface area contributed by atoms with E-state index in [2.05, 4.69) is 4.98 Å². The van der Waals surface area contributed by atoms with Crippen molar-refractivity contribution in [2.45, 2.75) is 32.8 Å². The molecular formula is C13H20N2O3. The summed E-state index contributed by atoms with van der Waals surface area (Å²) in [5.41, 5.74) is 1.57. The fraction of sp³-hybridized carbons (Fsp3) is 0.538. The molecule has 0 saturated heterocycles. The van der Waals surface area contributed by atoms with Gasteiger partial charge in [0.1, 0.15) is 5.60 Å². The van der Waals surface area contributed by atoms with E-state index in [9.17, 15) is 4.79 Å². The molecule has 1 N–H and O–H groups in total. The van der Waals surface area contributed by atoms with Crippen molar-refractivity contribution in [3.63, 3.8) is 0 Å². The van der Waals surface area contributed by atoms with Crippen molar-refractivity contribution in [2.24, 2.45) is 0 Å². The van der Waals surface area contributed by atoms with Crippen molar-refractivity contribution in [3.05, 3.63) is 24.0 Å². The number of nitrogens with zero attached hydrogens (tertiary/aromatic N) is 2. The third-order valence-electron chi connectivity index (χ3n) is 2.40. The van der Waals surface area contributed by atoms with E-state index in [0.29, 0.717) is 6.54 Å². The molecule has 2 rings (SSSR count). The van der Waals surface area contributed by atoms with Crippen molar-refractivity contribution in [1.29, 1.82) is 0 Å². The summed E-state index contributed by atoms with van der Waals surface area (Å²) in [5.74, 6) is 0. The van der Waals surface area contributed by atoms with Crippen LogP contribution >= 0.6 is 0 Å². The lowest BCUT2D eigenvalue weighted by molar-refractivity contribution is 0.0584. The van der Waals surface area contributed by atoms with Crippen LogP contribution in [0.25, 0.3) is 0 Å². The molecule has 1 aliphatic rings. The van der Waals surface area contributed by atoms with Crippen LogP contribution in [0.5, 0.6) is 0 Å². The largest absolute Gasteiger partial charge is 0.443 e. The first-order chi connectivity index (χ1) is 8.47. The minimum Gasteiger partial charge on any atom is -0.443 e. The smallest absolute Gasteiger partial charge is 0.414 e. The van der Waals surface area contributed by atoms with Gasteiger partial charge in [-0.1, -0.05) is 0 Å². The first-order valence-corrected chi connectivity index (χ1v) is 5.85.